The lowest BCUT2D eigenvalue weighted by atomic mass is 9.97. The molecular weight excluding hydrogens is 571 g/mol. The van der Waals surface area contributed by atoms with E-state index in [0.29, 0.717) is 50.9 Å². The van der Waals surface area contributed by atoms with Crippen LogP contribution < -0.4 is 0 Å². The number of carbonyl (C=O) groups is 2. The van der Waals surface area contributed by atoms with Gasteiger partial charge in [-0.15, -0.1) is 12.4 Å². The molecule has 12 heteroatoms. The van der Waals surface area contributed by atoms with Crippen LogP contribution in [0.5, 0.6) is 0 Å². The highest BCUT2D eigenvalue weighted by Crippen LogP contribution is 2.45. The molecule has 1 aromatic carbocycles. The minimum absolute atomic E-state index is 0. The fourth-order valence-electron chi connectivity index (χ4n) is 6.74. The molecule has 2 amide bonds. The van der Waals surface area contributed by atoms with Crippen molar-refractivity contribution in [3.05, 3.63) is 52.8 Å². The number of amides is 2. The second-order valence-electron chi connectivity index (χ2n) is 12.0. The first-order valence-corrected chi connectivity index (χ1v) is 14.9. The van der Waals surface area contributed by atoms with Crippen LogP contribution in [0.4, 0.5) is 18.0 Å². The monoisotopic (exact) mass is 609 g/mol. The minimum Gasteiger partial charge on any atom is -0.446 e. The molecule has 1 aromatic heterocycles. The molecule has 0 radical (unpaired) electrons. The summed E-state index contributed by atoms with van der Waals surface area (Å²) >= 11 is 0. The number of piperidine rings is 2. The van der Waals surface area contributed by atoms with Gasteiger partial charge in [-0.05, 0) is 70.0 Å². The summed E-state index contributed by atoms with van der Waals surface area (Å²) in [6, 6.07) is 5.03. The number of aromatic nitrogens is 2. The van der Waals surface area contributed by atoms with Crippen LogP contribution in [0.2, 0.25) is 0 Å². The highest BCUT2D eigenvalue weighted by molar-refractivity contribution is 5.96. The average Bonchev–Trinajstić information content (AvgIpc) is 3.51. The van der Waals surface area contributed by atoms with Gasteiger partial charge in [0.05, 0.1) is 35.1 Å². The van der Waals surface area contributed by atoms with E-state index in [0.717, 1.165) is 50.5 Å². The van der Waals surface area contributed by atoms with Gasteiger partial charge in [-0.2, -0.15) is 18.3 Å². The molecule has 230 valence electrons. The lowest BCUT2D eigenvalue weighted by Crippen LogP contribution is -2.43. The second kappa shape index (κ2) is 12.4. The predicted octanol–water partition coefficient (Wildman–Crippen LogP) is 6.05. The Labute approximate surface area is 250 Å². The number of rotatable bonds is 5. The Bertz CT molecular complexity index is 1270. The van der Waals surface area contributed by atoms with Crippen LogP contribution in [0.1, 0.15) is 96.5 Å². The molecule has 1 aliphatic carbocycles. The van der Waals surface area contributed by atoms with Crippen molar-refractivity contribution in [2.45, 2.75) is 81.6 Å². The minimum atomic E-state index is -4.48. The number of alkyl halides is 3. The fourth-order valence-corrected chi connectivity index (χ4v) is 6.74. The van der Waals surface area contributed by atoms with E-state index in [2.05, 4.69) is 17.0 Å². The van der Waals surface area contributed by atoms with Crippen LogP contribution in [-0.4, -0.2) is 82.4 Å². The quantitative estimate of drug-likeness (QED) is 0.413. The third-order valence-electron chi connectivity index (χ3n) is 9.17. The topological polar surface area (TPSA) is 70.9 Å². The van der Waals surface area contributed by atoms with Gasteiger partial charge in [0, 0.05) is 38.6 Å². The molecule has 0 spiro atoms. The fraction of sp³-hybridized carbons (Fsp3) is 0.633. The molecule has 4 fully saturated rings. The Hall–Kier alpha value is -2.79. The summed E-state index contributed by atoms with van der Waals surface area (Å²) in [5.41, 5.74) is 0.889. The Morgan fingerprint density at radius 1 is 0.929 bits per heavy atom. The summed E-state index contributed by atoms with van der Waals surface area (Å²) in [5.74, 6) is -0.0100. The Morgan fingerprint density at radius 2 is 1.62 bits per heavy atom. The summed E-state index contributed by atoms with van der Waals surface area (Å²) in [7, 11) is 2.07. The molecule has 1 saturated carbocycles. The van der Waals surface area contributed by atoms with Crippen molar-refractivity contribution in [2.75, 3.05) is 39.8 Å². The molecule has 1 unspecified atom stereocenters. The molecule has 4 aliphatic rings. The van der Waals surface area contributed by atoms with Gasteiger partial charge in [-0.3, -0.25) is 9.48 Å². The molecule has 42 heavy (non-hydrogen) atoms. The van der Waals surface area contributed by atoms with Crippen molar-refractivity contribution in [2.24, 2.45) is 0 Å². The lowest BCUT2D eigenvalue weighted by Gasteiger charge is -2.35. The predicted molar refractivity (Wildman–Crippen MR) is 153 cm³/mol. The second-order valence-corrected chi connectivity index (χ2v) is 12.0. The SMILES string of the molecule is CN1CCC(OC(=O)N2CCC(n3ncc(C(=O)N4CCCC4c4ccccc4C(F)(F)F)c3C3CC3)CC2)CC1.Cl. The first-order valence-electron chi connectivity index (χ1n) is 14.9. The van der Waals surface area contributed by atoms with Crippen LogP contribution in [0, 0.1) is 0 Å². The van der Waals surface area contributed by atoms with E-state index in [4.69, 9.17) is 4.74 Å². The van der Waals surface area contributed by atoms with Gasteiger partial charge in [-0.1, -0.05) is 18.2 Å². The van der Waals surface area contributed by atoms with Crippen molar-refractivity contribution >= 4 is 24.4 Å². The highest BCUT2D eigenvalue weighted by atomic mass is 35.5. The van der Waals surface area contributed by atoms with Gasteiger partial charge in [0.1, 0.15) is 6.10 Å². The number of hydrogen-bond donors (Lipinski definition) is 0. The van der Waals surface area contributed by atoms with Crippen LogP contribution in [0.25, 0.3) is 0 Å². The number of nitrogens with zero attached hydrogens (tertiary/aromatic N) is 5. The molecule has 0 N–H and O–H groups in total. The molecule has 4 heterocycles. The molecule has 2 aromatic rings. The Balaban J connectivity index is 0.00000353. The summed E-state index contributed by atoms with van der Waals surface area (Å²) < 4.78 is 49.1. The molecule has 0 bridgehead atoms. The summed E-state index contributed by atoms with van der Waals surface area (Å²) in [6.07, 6.45) is 3.06. The van der Waals surface area contributed by atoms with Crippen LogP contribution >= 0.6 is 12.4 Å². The largest absolute Gasteiger partial charge is 0.446 e. The number of ether oxygens (including phenoxy) is 1. The van der Waals surface area contributed by atoms with Crippen LogP contribution in [-0.2, 0) is 10.9 Å². The zero-order valence-electron chi connectivity index (χ0n) is 23.9. The normalized spacial score (nSPS) is 22.7. The summed E-state index contributed by atoms with van der Waals surface area (Å²) in [6.45, 7) is 3.40. The number of halogens is 4. The zero-order chi connectivity index (χ0) is 28.7. The standard InChI is InChI=1S/C30H38F3N5O3.ClH/c1-35-15-12-22(13-16-35)41-29(40)36-17-10-21(11-18-36)38-27(20-8-9-20)24(19-34-38)28(39)37-14-4-7-26(37)23-5-2-3-6-25(23)30(31,32)33;/h2-3,5-6,19-22,26H,4,7-18H2,1H3;1H. The molecule has 8 nitrogen and oxygen atoms in total. The van der Waals surface area contributed by atoms with Crippen LogP contribution in [0.15, 0.2) is 30.5 Å². The van der Waals surface area contributed by atoms with Gasteiger partial charge >= 0.3 is 12.3 Å². The van der Waals surface area contributed by atoms with E-state index in [9.17, 15) is 22.8 Å². The van der Waals surface area contributed by atoms with E-state index in [1.165, 1.54) is 12.1 Å². The molecule has 3 aliphatic heterocycles. The van der Waals surface area contributed by atoms with Crippen molar-refractivity contribution in [3.8, 4) is 0 Å². The van der Waals surface area contributed by atoms with Crippen molar-refractivity contribution in [1.29, 1.82) is 0 Å². The van der Waals surface area contributed by atoms with Gasteiger partial charge in [-0.25, -0.2) is 4.79 Å². The molecular formula is C30H39ClF3N5O3. The summed E-state index contributed by atoms with van der Waals surface area (Å²) in [4.78, 5) is 32.3. The van der Waals surface area contributed by atoms with Crippen LogP contribution in [0.3, 0.4) is 0 Å². The van der Waals surface area contributed by atoms with Crippen molar-refractivity contribution < 1.29 is 27.5 Å². The number of likely N-dealkylation sites (tertiary alicyclic amines) is 3. The third kappa shape index (κ3) is 6.27. The third-order valence-corrected chi connectivity index (χ3v) is 9.17. The maximum atomic E-state index is 13.9. The van der Waals surface area contributed by atoms with Crippen molar-refractivity contribution in [1.82, 2.24) is 24.5 Å². The van der Waals surface area contributed by atoms with Gasteiger partial charge in [0.15, 0.2) is 0 Å². The highest BCUT2D eigenvalue weighted by Gasteiger charge is 2.42. The molecule has 1 atom stereocenters. The summed E-state index contributed by atoms with van der Waals surface area (Å²) in [5, 5.41) is 4.67. The molecule has 3 saturated heterocycles. The smallest absolute Gasteiger partial charge is 0.416 e. The van der Waals surface area contributed by atoms with E-state index < -0.39 is 17.8 Å². The maximum Gasteiger partial charge on any atom is 0.416 e. The van der Waals surface area contributed by atoms with Gasteiger partial charge in [0.25, 0.3) is 5.91 Å². The Kier molecular flexibility index (Phi) is 9.08. The van der Waals surface area contributed by atoms with Crippen molar-refractivity contribution in [3.63, 3.8) is 0 Å². The van der Waals surface area contributed by atoms with E-state index >= 15 is 0 Å². The van der Waals surface area contributed by atoms with Gasteiger partial charge in [0.2, 0.25) is 0 Å². The number of hydrogen-bond acceptors (Lipinski definition) is 5. The molecule has 6 rings (SSSR count). The lowest BCUT2D eigenvalue weighted by molar-refractivity contribution is -0.138. The van der Waals surface area contributed by atoms with Gasteiger partial charge < -0.3 is 19.4 Å². The average molecular weight is 610 g/mol. The Morgan fingerprint density at radius 3 is 2.29 bits per heavy atom. The van der Waals surface area contributed by atoms with E-state index in [1.807, 2.05) is 4.68 Å². The number of carbonyl (C=O) groups excluding carboxylic acids is 2. The number of benzene rings is 1. The first-order chi connectivity index (χ1) is 19.7. The maximum absolute atomic E-state index is 13.9. The zero-order valence-corrected chi connectivity index (χ0v) is 24.7. The van der Waals surface area contributed by atoms with E-state index in [1.54, 1.807) is 22.1 Å². The first kappa shape index (κ1) is 30.7. The van der Waals surface area contributed by atoms with E-state index in [-0.39, 0.29) is 48.0 Å².